The fraction of sp³-hybridized carbons (Fsp3) is 0.385. The first-order valence-electron chi connectivity index (χ1n) is 5.83. The van der Waals surface area contributed by atoms with Crippen LogP contribution in [0.15, 0.2) is 30.3 Å². The number of amides is 1. The second-order valence-corrected chi connectivity index (χ2v) is 4.18. The zero-order valence-electron chi connectivity index (χ0n) is 10.3. The van der Waals surface area contributed by atoms with Crippen molar-refractivity contribution >= 4 is 11.9 Å². The lowest BCUT2D eigenvalue weighted by atomic mass is 10.1. The summed E-state index contributed by atoms with van der Waals surface area (Å²) in [5.74, 6) is -1.28. The standard InChI is InChI=1S/C13H18N2O3/c1-9(10-5-3-2-4-6-10)15-12(16)8-7-11(14)13(17)18/h2-6,9,11H,7-8,14H2,1H3,(H,15,16)(H,17,18)/t9-,11+/m1/s1. The largest absolute Gasteiger partial charge is 0.480 e. The minimum absolute atomic E-state index is 0.0975. The average Bonchev–Trinajstić information content (AvgIpc) is 2.36. The Labute approximate surface area is 106 Å². The van der Waals surface area contributed by atoms with Crippen LogP contribution in [-0.4, -0.2) is 23.0 Å². The zero-order valence-corrected chi connectivity index (χ0v) is 10.3. The molecule has 0 bridgehead atoms. The molecule has 98 valence electrons. The van der Waals surface area contributed by atoms with Gasteiger partial charge in [-0.3, -0.25) is 9.59 Å². The second-order valence-electron chi connectivity index (χ2n) is 4.18. The minimum atomic E-state index is -1.08. The van der Waals surface area contributed by atoms with Crippen molar-refractivity contribution in [1.29, 1.82) is 0 Å². The Morgan fingerprint density at radius 1 is 1.33 bits per heavy atom. The molecule has 1 aromatic carbocycles. The summed E-state index contributed by atoms with van der Waals surface area (Å²) in [6.07, 6.45) is 0.257. The molecule has 1 amide bonds. The molecule has 0 fully saturated rings. The van der Waals surface area contributed by atoms with Crippen molar-refractivity contribution in [3.05, 3.63) is 35.9 Å². The van der Waals surface area contributed by atoms with Gasteiger partial charge in [0.25, 0.3) is 0 Å². The van der Waals surface area contributed by atoms with Gasteiger partial charge in [0.05, 0.1) is 6.04 Å². The lowest BCUT2D eigenvalue weighted by Gasteiger charge is -2.14. The lowest BCUT2D eigenvalue weighted by molar-refractivity contribution is -0.138. The van der Waals surface area contributed by atoms with Crippen LogP contribution in [0.2, 0.25) is 0 Å². The summed E-state index contributed by atoms with van der Waals surface area (Å²) < 4.78 is 0. The number of hydrogen-bond acceptors (Lipinski definition) is 3. The van der Waals surface area contributed by atoms with Crippen LogP contribution < -0.4 is 11.1 Å². The molecule has 0 spiro atoms. The number of rotatable bonds is 6. The van der Waals surface area contributed by atoms with Gasteiger partial charge in [-0.05, 0) is 18.9 Å². The number of nitrogens with two attached hydrogens (primary N) is 1. The van der Waals surface area contributed by atoms with Gasteiger partial charge >= 0.3 is 5.97 Å². The van der Waals surface area contributed by atoms with E-state index in [1.165, 1.54) is 0 Å². The predicted molar refractivity (Wildman–Crippen MR) is 67.8 cm³/mol. The molecule has 0 heterocycles. The third-order valence-corrected chi connectivity index (χ3v) is 2.68. The summed E-state index contributed by atoms with van der Waals surface area (Å²) in [4.78, 5) is 22.1. The Morgan fingerprint density at radius 3 is 2.50 bits per heavy atom. The number of carbonyl (C=O) groups excluding carboxylic acids is 1. The van der Waals surface area contributed by atoms with E-state index in [1.807, 2.05) is 37.3 Å². The first-order chi connectivity index (χ1) is 8.50. The molecule has 0 aromatic heterocycles. The van der Waals surface area contributed by atoms with E-state index in [0.717, 1.165) is 5.56 Å². The molecule has 0 aliphatic rings. The summed E-state index contributed by atoms with van der Waals surface area (Å²) in [5.41, 5.74) is 6.33. The molecule has 5 heteroatoms. The summed E-state index contributed by atoms with van der Waals surface area (Å²) in [7, 11) is 0. The highest BCUT2D eigenvalue weighted by Crippen LogP contribution is 2.11. The van der Waals surface area contributed by atoms with Crippen molar-refractivity contribution in [1.82, 2.24) is 5.32 Å². The van der Waals surface area contributed by atoms with Crippen LogP contribution in [0.25, 0.3) is 0 Å². The number of aliphatic carboxylic acids is 1. The Morgan fingerprint density at radius 2 is 1.94 bits per heavy atom. The molecule has 18 heavy (non-hydrogen) atoms. The Hall–Kier alpha value is -1.88. The molecular formula is C13H18N2O3. The van der Waals surface area contributed by atoms with E-state index in [0.29, 0.717) is 0 Å². The maximum atomic E-state index is 11.6. The highest BCUT2D eigenvalue weighted by atomic mass is 16.4. The number of carboxylic acid groups (broad SMARTS) is 1. The highest BCUT2D eigenvalue weighted by Gasteiger charge is 2.14. The fourth-order valence-electron chi connectivity index (χ4n) is 1.55. The topological polar surface area (TPSA) is 92.4 Å². The zero-order chi connectivity index (χ0) is 13.5. The molecule has 0 saturated heterocycles. The molecule has 0 saturated carbocycles. The third kappa shape index (κ3) is 4.55. The van der Waals surface area contributed by atoms with Crippen molar-refractivity contribution in [3.63, 3.8) is 0 Å². The minimum Gasteiger partial charge on any atom is -0.480 e. The quantitative estimate of drug-likeness (QED) is 0.703. The van der Waals surface area contributed by atoms with E-state index < -0.39 is 12.0 Å². The molecule has 2 atom stereocenters. The van der Waals surface area contributed by atoms with Gasteiger partial charge in [-0.2, -0.15) is 0 Å². The average molecular weight is 250 g/mol. The van der Waals surface area contributed by atoms with Crippen molar-refractivity contribution in [2.45, 2.75) is 31.8 Å². The first-order valence-corrected chi connectivity index (χ1v) is 5.83. The number of nitrogens with one attached hydrogen (secondary N) is 1. The summed E-state index contributed by atoms with van der Waals surface area (Å²) in [5, 5.41) is 11.4. The van der Waals surface area contributed by atoms with Crippen molar-refractivity contribution in [2.75, 3.05) is 0 Å². The summed E-state index contributed by atoms with van der Waals surface area (Å²) >= 11 is 0. The van der Waals surface area contributed by atoms with Gasteiger partial charge in [0.15, 0.2) is 0 Å². The Bertz CT molecular complexity index is 406. The second kappa shape index (κ2) is 6.76. The van der Waals surface area contributed by atoms with Crippen LogP contribution in [0.3, 0.4) is 0 Å². The maximum Gasteiger partial charge on any atom is 0.320 e. The van der Waals surface area contributed by atoms with Gasteiger partial charge in [-0.1, -0.05) is 30.3 Å². The van der Waals surface area contributed by atoms with Crippen LogP contribution >= 0.6 is 0 Å². The number of carbonyl (C=O) groups is 2. The van der Waals surface area contributed by atoms with Gasteiger partial charge in [-0.25, -0.2) is 0 Å². The van der Waals surface area contributed by atoms with Crippen LogP contribution in [0.5, 0.6) is 0 Å². The number of benzene rings is 1. The molecule has 0 unspecified atom stereocenters. The smallest absolute Gasteiger partial charge is 0.320 e. The molecule has 5 nitrogen and oxygen atoms in total. The van der Waals surface area contributed by atoms with Gasteiger partial charge < -0.3 is 16.2 Å². The van der Waals surface area contributed by atoms with E-state index in [2.05, 4.69) is 5.32 Å². The van der Waals surface area contributed by atoms with E-state index in [9.17, 15) is 9.59 Å². The summed E-state index contributed by atoms with van der Waals surface area (Å²) in [6.45, 7) is 1.88. The molecule has 1 aromatic rings. The normalized spacial score (nSPS) is 13.7. The monoisotopic (exact) mass is 250 g/mol. The van der Waals surface area contributed by atoms with E-state index in [1.54, 1.807) is 0 Å². The molecule has 0 radical (unpaired) electrons. The maximum absolute atomic E-state index is 11.6. The van der Waals surface area contributed by atoms with Gasteiger partial charge in [0.1, 0.15) is 6.04 Å². The predicted octanol–water partition coefficient (Wildman–Crippen LogP) is 1.06. The van der Waals surface area contributed by atoms with Crippen molar-refractivity contribution < 1.29 is 14.7 Å². The Kier molecular flexibility index (Phi) is 5.32. The number of hydrogen-bond donors (Lipinski definition) is 3. The van der Waals surface area contributed by atoms with Gasteiger partial charge in [0.2, 0.25) is 5.91 Å². The van der Waals surface area contributed by atoms with Crippen LogP contribution in [-0.2, 0) is 9.59 Å². The highest BCUT2D eigenvalue weighted by molar-refractivity contribution is 5.78. The molecular weight excluding hydrogens is 232 g/mol. The molecule has 1 rings (SSSR count). The third-order valence-electron chi connectivity index (χ3n) is 2.68. The van der Waals surface area contributed by atoms with E-state index >= 15 is 0 Å². The summed E-state index contributed by atoms with van der Waals surface area (Å²) in [6, 6.07) is 8.48. The molecule has 4 N–H and O–H groups in total. The van der Waals surface area contributed by atoms with E-state index in [4.69, 9.17) is 10.8 Å². The van der Waals surface area contributed by atoms with Gasteiger partial charge in [-0.15, -0.1) is 0 Å². The number of carboxylic acids is 1. The molecule has 0 aliphatic carbocycles. The Balaban J connectivity index is 2.39. The van der Waals surface area contributed by atoms with Crippen LogP contribution in [0, 0.1) is 0 Å². The first kappa shape index (κ1) is 14.2. The van der Waals surface area contributed by atoms with Crippen LogP contribution in [0.4, 0.5) is 0 Å². The van der Waals surface area contributed by atoms with E-state index in [-0.39, 0.29) is 24.8 Å². The van der Waals surface area contributed by atoms with Crippen molar-refractivity contribution in [3.8, 4) is 0 Å². The van der Waals surface area contributed by atoms with Crippen molar-refractivity contribution in [2.24, 2.45) is 5.73 Å². The van der Waals surface area contributed by atoms with Crippen LogP contribution in [0.1, 0.15) is 31.4 Å². The molecule has 0 aliphatic heterocycles. The fourth-order valence-corrected chi connectivity index (χ4v) is 1.55. The van der Waals surface area contributed by atoms with Gasteiger partial charge in [0, 0.05) is 6.42 Å². The SMILES string of the molecule is C[C@@H](NC(=O)CC[C@H](N)C(=O)O)c1ccccc1. The lowest BCUT2D eigenvalue weighted by Crippen LogP contribution is -2.33.